The van der Waals surface area contributed by atoms with E-state index in [2.05, 4.69) is 6.92 Å². The molecule has 2 atom stereocenters. The smallest absolute Gasteiger partial charge is 0.306 e. The number of hydrogen-bond acceptors (Lipinski definition) is 3. The lowest BCUT2D eigenvalue weighted by molar-refractivity contribution is -0.147. The average molecular weight is 364 g/mol. The zero-order valence-corrected chi connectivity index (χ0v) is 15.9. The van der Waals surface area contributed by atoms with Crippen LogP contribution in [0.5, 0.6) is 0 Å². The minimum Gasteiger partial charge on any atom is -0.481 e. The van der Waals surface area contributed by atoms with E-state index in [0.717, 1.165) is 51.6 Å². The van der Waals surface area contributed by atoms with Crippen molar-refractivity contribution < 1.29 is 19.5 Å². The highest BCUT2D eigenvalue weighted by Crippen LogP contribution is 2.32. The summed E-state index contributed by atoms with van der Waals surface area (Å²) in [6.07, 6.45) is 6.44. The fourth-order valence-electron chi connectivity index (χ4n) is 4.73. The number of nitrogens with zero attached hydrogens (tertiary/aromatic N) is 2. The largest absolute Gasteiger partial charge is 0.481 e. The minimum absolute atomic E-state index is 0.0468. The molecule has 3 rings (SSSR count). The van der Waals surface area contributed by atoms with Gasteiger partial charge in [0.2, 0.25) is 11.8 Å². The van der Waals surface area contributed by atoms with Crippen molar-refractivity contribution in [3.63, 3.8) is 0 Å². The summed E-state index contributed by atoms with van der Waals surface area (Å²) in [5.74, 6) is -0.169. The number of amides is 2. The predicted molar refractivity (Wildman–Crippen MR) is 97.4 cm³/mol. The second kappa shape index (κ2) is 8.40. The normalized spacial score (nSPS) is 28.8. The SMILES string of the molecule is CC1CCN(C(=O)C2CCN(C(=O)C3CCCC(C(=O)O)C3)CC2)CC1. The summed E-state index contributed by atoms with van der Waals surface area (Å²) in [7, 11) is 0. The molecule has 146 valence electrons. The molecule has 2 aliphatic heterocycles. The summed E-state index contributed by atoms with van der Waals surface area (Å²) >= 11 is 0. The van der Waals surface area contributed by atoms with Crippen LogP contribution >= 0.6 is 0 Å². The molecule has 26 heavy (non-hydrogen) atoms. The van der Waals surface area contributed by atoms with E-state index >= 15 is 0 Å². The van der Waals surface area contributed by atoms with Crippen LogP contribution in [0.4, 0.5) is 0 Å². The van der Waals surface area contributed by atoms with Gasteiger partial charge in [-0.1, -0.05) is 13.3 Å². The van der Waals surface area contributed by atoms with Crippen LogP contribution < -0.4 is 0 Å². The summed E-state index contributed by atoms with van der Waals surface area (Å²) < 4.78 is 0. The maximum atomic E-state index is 12.8. The second-order valence-electron chi connectivity index (χ2n) is 8.51. The van der Waals surface area contributed by atoms with Gasteiger partial charge >= 0.3 is 5.97 Å². The number of carbonyl (C=O) groups is 3. The van der Waals surface area contributed by atoms with Gasteiger partial charge in [0.05, 0.1) is 5.92 Å². The number of hydrogen-bond donors (Lipinski definition) is 1. The molecule has 3 aliphatic rings. The molecule has 2 unspecified atom stereocenters. The molecular weight excluding hydrogens is 332 g/mol. The van der Waals surface area contributed by atoms with Crippen LogP contribution in [0, 0.1) is 23.7 Å². The van der Waals surface area contributed by atoms with Crippen molar-refractivity contribution in [1.29, 1.82) is 0 Å². The van der Waals surface area contributed by atoms with Crippen molar-refractivity contribution in [2.24, 2.45) is 23.7 Å². The van der Waals surface area contributed by atoms with Crippen LogP contribution in [0.3, 0.4) is 0 Å². The number of rotatable bonds is 3. The van der Waals surface area contributed by atoms with Gasteiger partial charge in [0.25, 0.3) is 0 Å². The molecule has 1 saturated carbocycles. The fraction of sp³-hybridized carbons (Fsp3) is 0.850. The lowest BCUT2D eigenvalue weighted by Gasteiger charge is -2.38. The number of aliphatic carboxylic acids is 1. The monoisotopic (exact) mass is 364 g/mol. The Balaban J connectivity index is 1.48. The van der Waals surface area contributed by atoms with Crippen LogP contribution in [-0.2, 0) is 14.4 Å². The molecule has 0 aromatic rings. The first-order valence-electron chi connectivity index (χ1n) is 10.3. The Bertz CT molecular complexity index is 534. The highest BCUT2D eigenvalue weighted by molar-refractivity contribution is 5.82. The molecule has 1 aliphatic carbocycles. The van der Waals surface area contributed by atoms with Crippen LogP contribution in [0.25, 0.3) is 0 Å². The van der Waals surface area contributed by atoms with Crippen LogP contribution in [0.15, 0.2) is 0 Å². The van der Waals surface area contributed by atoms with Crippen LogP contribution in [0.1, 0.15) is 58.3 Å². The first-order chi connectivity index (χ1) is 12.5. The first kappa shape index (κ1) is 19.2. The highest BCUT2D eigenvalue weighted by atomic mass is 16.4. The van der Waals surface area contributed by atoms with Crippen molar-refractivity contribution in [3.05, 3.63) is 0 Å². The zero-order chi connectivity index (χ0) is 18.7. The number of piperidine rings is 2. The molecule has 6 heteroatoms. The summed E-state index contributed by atoms with van der Waals surface area (Å²) in [4.78, 5) is 40.6. The van der Waals surface area contributed by atoms with Crippen molar-refractivity contribution in [2.75, 3.05) is 26.2 Å². The van der Waals surface area contributed by atoms with E-state index in [1.807, 2.05) is 9.80 Å². The van der Waals surface area contributed by atoms with Crippen molar-refractivity contribution in [2.45, 2.75) is 58.3 Å². The lowest BCUT2D eigenvalue weighted by Crippen LogP contribution is -2.48. The molecule has 2 amide bonds. The molecule has 6 nitrogen and oxygen atoms in total. The lowest BCUT2D eigenvalue weighted by atomic mass is 9.80. The third-order valence-corrected chi connectivity index (χ3v) is 6.62. The quantitative estimate of drug-likeness (QED) is 0.834. The number of carboxylic acid groups (broad SMARTS) is 1. The Morgan fingerprint density at radius 2 is 1.23 bits per heavy atom. The maximum Gasteiger partial charge on any atom is 0.306 e. The van der Waals surface area contributed by atoms with Crippen molar-refractivity contribution in [1.82, 2.24) is 9.80 Å². The van der Waals surface area contributed by atoms with Gasteiger partial charge in [-0.2, -0.15) is 0 Å². The fourth-order valence-corrected chi connectivity index (χ4v) is 4.73. The Morgan fingerprint density at radius 3 is 1.81 bits per heavy atom. The molecule has 0 aromatic carbocycles. The number of carbonyl (C=O) groups excluding carboxylic acids is 2. The minimum atomic E-state index is -0.775. The molecule has 2 heterocycles. The second-order valence-corrected chi connectivity index (χ2v) is 8.51. The van der Waals surface area contributed by atoms with E-state index in [4.69, 9.17) is 0 Å². The molecule has 0 spiro atoms. The van der Waals surface area contributed by atoms with Gasteiger partial charge < -0.3 is 14.9 Å². The molecule has 1 N–H and O–H groups in total. The summed E-state index contributed by atoms with van der Waals surface area (Å²) in [6, 6.07) is 0. The topological polar surface area (TPSA) is 77.9 Å². The molecule has 0 bridgehead atoms. The van der Waals surface area contributed by atoms with Gasteiger partial charge in [0.15, 0.2) is 0 Å². The van der Waals surface area contributed by atoms with Crippen molar-refractivity contribution >= 4 is 17.8 Å². The maximum absolute atomic E-state index is 12.8. The van der Waals surface area contributed by atoms with E-state index < -0.39 is 5.97 Å². The summed E-state index contributed by atoms with van der Waals surface area (Å²) in [5.41, 5.74) is 0. The first-order valence-corrected chi connectivity index (χ1v) is 10.3. The highest BCUT2D eigenvalue weighted by Gasteiger charge is 2.36. The van der Waals surface area contributed by atoms with Gasteiger partial charge in [-0.05, 0) is 50.9 Å². The van der Waals surface area contributed by atoms with E-state index in [-0.39, 0.29) is 29.6 Å². The predicted octanol–water partition coefficient (Wildman–Crippen LogP) is 2.37. The van der Waals surface area contributed by atoms with Gasteiger partial charge in [-0.25, -0.2) is 0 Å². The van der Waals surface area contributed by atoms with E-state index in [0.29, 0.717) is 31.8 Å². The standard InChI is InChI=1S/C20H32N2O4/c1-14-5-9-21(10-6-14)18(23)15-7-11-22(12-8-15)19(24)16-3-2-4-17(13-16)20(25)26/h14-17H,2-13H2,1H3,(H,25,26). The van der Waals surface area contributed by atoms with Crippen LogP contribution in [-0.4, -0.2) is 58.9 Å². The third kappa shape index (κ3) is 4.38. The zero-order valence-electron chi connectivity index (χ0n) is 15.9. The van der Waals surface area contributed by atoms with Gasteiger partial charge in [0, 0.05) is 38.0 Å². The number of likely N-dealkylation sites (tertiary alicyclic amines) is 2. The van der Waals surface area contributed by atoms with Gasteiger partial charge in [-0.3, -0.25) is 14.4 Å². The summed E-state index contributed by atoms with van der Waals surface area (Å²) in [5, 5.41) is 9.22. The van der Waals surface area contributed by atoms with Gasteiger partial charge in [0.1, 0.15) is 0 Å². The Hall–Kier alpha value is -1.59. The summed E-state index contributed by atoms with van der Waals surface area (Å²) in [6.45, 7) is 5.25. The Morgan fingerprint density at radius 1 is 0.731 bits per heavy atom. The molecule has 0 aromatic heterocycles. The molecular formula is C20H32N2O4. The Labute approximate surface area is 155 Å². The van der Waals surface area contributed by atoms with E-state index in [1.165, 1.54) is 0 Å². The molecule has 3 fully saturated rings. The molecule has 0 radical (unpaired) electrons. The third-order valence-electron chi connectivity index (χ3n) is 6.62. The Kier molecular flexibility index (Phi) is 6.20. The van der Waals surface area contributed by atoms with Crippen LogP contribution in [0.2, 0.25) is 0 Å². The van der Waals surface area contributed by atoms with E-state index in [1.54, 1.807) is 0 Å². The van der Waals surface area contributed by atoms with Crippen molar-refractivity contribution in [3.8, 4) is 0 Å². The van der Waals surface area contributed by atoms with Gasteiger partial charge in [-0.15, -0.1) is 0 Å². The average Bonchev–Trinajstić information content (AvgIpc) is 2.67. The van der Waals surface area contributed by atoms with E-state index in [9.17, 15) is 19.5 Å². The number of carboxylic acids is 1. The molecule has 2 saturated heterocycles.